The molecule has 3 nitrogen and oxygen atoms in total. The first kappa shape index (κ1) is 11.7. The number of fused-ring (bicyclic) bond motifs is 1. The Hall–Kier alpha value is -1.82. The molecule has 17 heavy (non-hydrogen) atoms. The number of hydrogen-bond donors (Lipinski definition) is 0. The zero-order valence-corrected chi connectivity index (χ0v) is 11.0. The lowest BCUT2D eigenvalue weighted by molar-refractivity contribution is 0.538. The fraction of sp³-hybridized carbons (Fsp3) is 0.429. The third-order valence-electron chi connectivity index (χ3n) is 2.57. The van der Waals surface area contributed by atoms with Gasteiger partial charge in [0.25, 0.3) is 0 Å². The molecule has 3 heteroatoms. The van der Waals surface area contributed by atoms with Gasteiger partial charge in [0.2, 0.25) is 0 Å². The maximum Gasteiger partial charge on any atom is 0.162 e. The normalized spacial score (nSPS) is 11.4. The quantitative estimate of drug-likeness (QED) is 0.648. The van der Waals surface area contributed by atoms with Crippen LogP contribution in [0.15, 0.2) is 12.1 Å². The molecule has 0 bridgehead atoms. The van der Waals surface area contributed by atoms with Crippen LogP contribution in [-0.4, -0.2) is 14.6 Å². The van der Waals surface area contributed by atoms with Gasteiger partial charge in [-0.05, 0) is 37.5 Å². The molecule has 0 amide bonds. The molecule has 0 atom stereocenters. The van der Waals surface area contributed by atoms with E-state index in [0.29, 0.717) is 0 Å². The van der Waals surface area contributed by atoms with Gasteiger partial charge in [-0.3, -0.25) is 4.40 Å². The average Bonchev–Trinajstić information content (AvgIpc) is 2.60. The van der Waals surface area contributed by atoms with E-state index < -0.39 is 0 Å². The highest BCUT2D eigenvalue weighted by Gasteiger charge is 2.22. The second-order valence-electron chi connectivity index (χ2n) is 5.26. The maximum absolute atomic E-state index is 4.30. The molecular formula is C14H17N3. The summed E-state index contributed by atoms with van der Waals surface area (Å²) in [4.78, 5) is 0. The Kier molecular flexibility index (Phi) is 2.66. The van der Waals surface area contributed by atoms with Crippen LogP contribution in [0, 0.1) is 18.8 Å². The van der Waals surface area contributed by atoms with Gasteiger partial charge in [-0.1, -0.05) is 26.7 Å². The highest BCUT2D eigenvalue weighted by Crippen LogP contribution is 2.22. The topological polar surface area (TPSA) is 30.2 Å². The molecule has 0 N–H and O–H groups in total. The van der Waals surface area contributed by atoms with Gasteiger partial charge in [0.1, 0.15) is 5.82 Å². The molecule has 0 radical (unpaired) electrons. The zero-order chi connectivity index (χ0) is 12.6. The molecule has 2 aromatic heterocycles. The number of nitrogens with zero attached hydrogens (tertiary/aromatic N) is 3. The number of aryl methyl sites for hydroxylation is 1. The van der Waals surface area contributed by atoms with E-state index in [0.717, 1.165) is 22.7 Å². The van der Waals surface area contributed by atoms with Crippen molar-refractivity contribution in [2.24, 2.45) is 0 Å². The minimum absolute atomic E-state index is 0.0428. The Morgan fingerprint density at radius 1 is 1.18 bits per heavy atom. The third kappa shape index (κ3) is 2.03. The second-order valence-corrected chi connectivity index (χ2v) is 5.26. The number of aromatic nitrogens is 3. The molecule has 0 spiro atoms. The predicted molar refractivity (Wildman–Crippen MR) is 69.0 cm³/mol. The van der Waals surface area contributed by atoms with Crippen LogP contribution in [0.2, 0.25) is 0 Å². The van der Waals surface area contributed by atoms with Gasteiger partial charge < -0.3 is 0 Å². The van der Waals surface area contributed by atoms with E-state index in [4.69, 9.17) is 0 Å². The van der Waals surface area contributed by atoms with Gasteiger partial charge in [0.15, 0.2) is 5.65 Å². The second kappa shape index (κ2) is 3.89. The van der Waals surface area contributed by atoms with Crippen LogP contribution in [0.25, 0.3) is 5.65 Å². The lowest BCUT2D eigenvalue weighted by Crippen LogP contribution is -2.17. The Morgan fingerprint density at radius 2 is 1.88 bits per heavy atom. The largest absolute Gasteiger partial charge is 0.271 e. The van der Waals surface area contributed by atoms with E-state index in [9.17, 15) is 0 Å². The van der Waals surface area contributed by atoms with Crippen molar-refractivity contribution in [2.75, 3.05) is 0 Å². The number of pyridine rings is 1. The van der Waals surface area contributed by atoms with Crippen LogP contribution in [0.1, 0.15) is 44.8 Å². The molecule has 0 aliphatic carbocycles. The fourth-order valence-electron chi connectivity index (χ4n) is 1.86. The minimum atomic E-state index is -0.0428. The van der Waals surface area contributed by atoms with E-state index in [2.05, 4.69) is 48.9 Å². The van der Waals surface area contributed by atoms with Crippen molar-refractivity contribution >= 4 is 5.65 Å². The molecule has 88 valence electrons. The molecule has 0 fully saturated rings. The maximum atomic E-state index is 4.30. The van der Waals surface area contributed by atoms with Crippen molar-refractivity contribution in [3.63, 3.8) is 0 Å². The van der Waals surface area contributed by atoms with Crippen molar-refractivity contribution < 1.29 is 0 Å². The smallest absolute Gasteiger partial charge is 0.162 e. The van der Waals surface area contributed by atoms with Crippen molar-refractivity contribution in [2.45, 2.75) is 40.0 Å². The van der Waals surface area contributed by atoms with E-state index in [1.807, 2.05) is 24.3 Å². The lowest BCUT2D eigenvalue weighted by atomic mass is 9.95. The molecule has 0 aliphatic heterocycles. The van der Waals surface area contributed by atoms with Gasteiger partial charge in [-0.15, -0.1) is 10.2 Å². The van der Waals surface area contributed by atoms with Crippen LogP contribution in [0.4, 0.5) is 0 Å². The summed E-state index contributed by atoms with van der Waals surface area (Å²) in [7, 11) is 0. The fourth-order valence-corrected chi connectivity index (χ4v) is 1.86. The van der Waals surface area contributed by atoms with Gasteiger partial charge in [0, 0.05) is 5.41 Å². The SMILES string of the molecule is CC#Cc1cc(C)cc2nnc(C(C)(C)C)n12. The standard InChI is InChI=1S/C14H17N3/c1-6-7-11-8-10(2)9-12-15-16-13(17(11)12)14(3,4)5/h8-9H,1-5H3. The van der Waals surface area contributed by atoms with E-state index in [1.165, 1.54) is 0 Å². The summed E-state index contributed by atoms with van der Waals surface area (Å²) in [6, 6.07) is 4.10. The average molecular weight is 227 g/mol. The Bertz CT molecular complexity index is 618. The minimum Gasteiger partial charge on any atom is -0.271 e. The highest BCUT2D eigenvalue weighted by molar-refractivity contribution is 5.48. The van der Waals surface area contributed by atoms with Gasteiger partial charge in [-0.2, -0.15) is 0 Å². The third-order valence-corrected chi connectivity index (χ3v) is 2.57. The monoisotopic (exact) mass is 227 g/mol. The summed E-state index contributed by atoms with van der Waals surface area (Å²) in [6.45, 7) is 10.3. The predicted octanol–water partition coefficient (Wildman–Crippen LogP) is 2.71. The van der Waals surface area contributed by atoms with E-state index in [1.54, 1.807) is 0 Å². The van der Waals surface area contributed by atoms with Crippen LogP contribution >= 0.6 is 0 Å². The molecule has 0 aromatic carbocycles. The summed E-state index contributed by atoms with van der Waals surface area (Å²) < 4.78 is 2.05. The summed E-state index contributed by atoms with van der Waals surface area (Å²) >= 11 is 0. The molecule has 0 unspecified atom stereocenters. The molecular weight excluding hydrogens is 210 g/mol. The molecule has 0 aliphatic rings. The Labute approximate surface area is 102 Å². The number of rotatable bonds is 0. The number of hydrogen-bond acceptors (Lipinski definition) is 2. The van der Waals surface area contributed by atoms with Crippen molar-refractivity contribution in [1.82, 2.24) is 14.6 Å². The first-order valence-electron chi connectivity index (χ1n) is 5.72. The van der Waals surface area contributed by atoms with Crippen LogP contribution < -0.4 is 0 Å². The van der Waals surface area contributed by atoms with Crippen molar-refractivity contribution in [1.29, 1.82) is 0 Å². The molecule has 0 saturated heterocycles. The first-order chi connectivity index (χ1) is 7.93. The van der Waals surface area contributed by atoms with Crippen LogP contribution in [0.3, 0.4) is 0 Å². The lowest BCUT2D eigenvalue weighted by Gasteiger charge is -2.16. The van der Waals surface area contributed by atoms with Crippen molar-refractivity contribution in [3.05, 3.63) is 29.2 Å². The summed E-state index contributed by atoms with van der Waals surface area (Å²) in [5, 5.41) is 8.53. The van der Waals surface area contributed by atoms with Gasteiger partial charge in [-0.25, -0.2) is 0 Å². The Morgan fingerprint density at radius 3 is 2.47 bits per heavy atom. The Balaban J connectivity index is 2.85. The summed E-state index contributed by atoms with van der Waals surface area (Å²) in [5.74, 6) is 7.02. The van der Waals surface area contributed by atoms with E-state index >= 15 is 0 Å². The molecule has 2 aromatic rings. The first-order valence-corrected chi connectivity index (χ1v) is 5.72. The summed E-state index contributed by atoms with van der Waals surface area (Å²) in [6.07, 6.45) is 0. The van der Waals surface area contributed by atoms with Gasteiger partial charge >= 0.3 is 0 Å². The molecule has 2 rings (SSSR count). The van der Waals surface area contributed by atoms with Crippen molar-refractivity contribution in [3.8, 4) is 11.8 Å². The van der Waals surface area contributed by atoms with Gasteiger partial charge in [0.05, 0.1) is 5.69 Å². The van der Waals surface area contributed by atoms with Crippen LogP contribution in [-0.2, 0) is 5.41 Å². The van der Waals surface area contributed by atoms with Crippen LogP contribution in [0.5, 0.6) is 0 Å². The molecule has 2 heterocycles. The molecule has 0 saturated carbocycles. The summed E-state index contributed by atoms with van der Waals surface area (Å²) in [5.41, 5.74) is 2.94. The highest BCUT2D eigenvalue weighted by atomic mass is 15.3. The van der Waals surface area contributed by atoms with E-state index in [-0.39, 0.29) is 5.41 Å². The zero-order valence-electron chi connectivity index (χ0n) is 11.0.